The fraction of sp³-hybridized carbons (Fsp3) is 0.667. The zero-order valence-electron chi connectivity index (χ0n) is 10.2. The van der Waals surface area contributed by atoms with Crippen molar-refractivity contribution in [3.63, 3.8) is 0 Å². The third kappa shape index (κ3) is 3.63. The maximum atomic E-state index is 5.74. The highest BCUT2D eigenvalue weighted by atomic mass is 35.5. The lowest BCUT2D eigenvalue weighted by molar-refractivity contribution is 0.197. The van der Waals surface area contributed by atoms with Crippen molar-refractivity contribution >= 4 is 11.6 Å². The highest BCUT2D eigenvalue weighted by Crippen LogP contribution is 2.13. The molecule has 1 atom stereocenters. The van der Waals surface area contributed by atoms with Crippen LogP contribution in [0, 0.1) is 0 Å². The molecule has 1 N–H and O–H groups in total. The zero-order chi connectivity index (χ0) is 12.1. The normalized spacial score (nSPS) is 20.1. The first-order chi connectivity index (χ1) is 8.29. The Labute approximate surface area is 107 Å². The van der Waals surface area contributed by atoms with Gasteiger partial charge in [0.15, 0.2) is 0 Å². The highest BCUT2D eigenvalue weighted by Gasteiger charge is 2.21. The Kier molecular flexibility index (Phi) is 4.71. The van der Waals surface area contributed by atoms with Gasteiger partial charge >= 0.3 is 0 Å². The van der Waals surface area contributed by atoms with Crippen molar-refractivity contribution in [2.45, 2.75) is 32.4 Å². The molecule has 0 saturated carbocycles. The van der Waals surface area contributed by atoms with Gasteiger partial charge in [-0.05, 0) is 25.9 Å². The minimum Gasteiger partial charge on any atom is -0.315 e. The van der Waals surface area contributed by atoms with E-state index in [1.807, 2.05) is 0 Å². The molecular weight excluding hydrogens is 236 g/mol. The number of nitrogens with zero attached hydrogens (tertiary/aromatic N) is 3. The van der Waals surface area contributed by atoms with E-state index in [0.29, 0.717) is 11.2 Å². The molecule has 0 aromatic carbocycles. The summed E-state index contributed by atoms with van der Waals surface area (Å²) in [5, 5.41) is 3.86. The van der Waals surface area contributed by atoms with Crippen molar-refractivity contribution in [3.8, 4) is 0 Å². The summed E-state index contributed by atoms with van der Waals surface area (Å²) < 4.78 is 0. The van der Waals surface area contributed by atoms with Crippen molar-refractivity contribution in [1.82, 2.24) is 20.2 Å². The summed E-state index contributed by atoms with van der Waals surface area (Å²) in [5.41, 5.74) is 0.995. The molecule has 4 nitrogen and oxygen atoms in total. The van der Waals surface area contributed by atoms with E-state index in [4.69, 9.17) is 11.6 Å². The van der Waals surface area contributed by atoms with E-state index in [1.165, 1.54) is 6.42 Å². The maximum absolute atomic E-state index is 5.74. The van der Waals surface area contributed by atoms with E-state index in [2.05, 4.69) is 27.1 Å². The maximum Gasteiger partial charge on any atom is 0.147 e. The molecule has 0 spiro atoms. The molecule has 0 radical (unpaired) electrons. The van der Waals surface area contributed by atoms with Crippen LogP contribution in [-0.4, -0.2) is 40.5 Å². The van der Waals surface area contributed by atoms with Gasteiger partial charge in [0.05, 0.1) is 18.1 Å². The van der Waals surface area contributed by atoms with Crippen LogP contribution in [0.5, 0.6) is 0 Å². The Hall–Kier alpha value is -0.710. The van der Waals surface area contributed by atoms with Crippen LogP contribution in [0.2, 0.25) is 5.15 Å². The van der Waals surface area contributed by atoms with Crippen LogP contribution >= 0.6 is 11.6 Å². The Morgan fingerprint density at radius 1 is 1.47 bits per heavy atom. The lowest BCUT2D eigenvalue weighted by atomic mass is 10.2. The molecule has 1 aliphatic rings. The van der Waals surface area contributed by atoms with Gasteiger partial charge in [0.1, 0.15) is 5.15 Å². The third-order valence-corrected chi connectivity index (χ3v) is 3.30. The lowest BCUT2D eigenvalue weighted by Crippen LogP contribution is -2.37. The van der Waals surface area contributed by atoms with Crippen LogP contribution < -0.4 is 5.32 Å². The molecule has 1 aromatic heterocycles. The summed E-state index contributed by atoms with van der Waals surface area (Å²) in [6, 6.07) is 0.632. The first-order valence-electron chi connectivity index (χ1n) is 6.20. The molecule has 0 amide bonds. The summed E-state index contributed by atoms with van der Waals surface area (Å²) in [6.07, 6.45) is 5.78. The summed E-state index contributed by atoms with van der Waals surface area (Å²) >= 11 is 5.74. The number of halogens is 1. The predicted molar refractivity (Wildman–Crippen MR) is 69.0 cm³/mol. The van der Waals surface area contributed by atoms with E-state index in [-0.39, 0.29) is 0 Å². The fourth-order valence-electron chi connectivity index (χ4n) is 2.26. The molecule has 2 heterocycles. The van der Waals surface area contributed by atoms with Crippen LogP contribution in [-0.2, 0) is 6.54 Å². The average Bonchev–Trinajstić information content (AvgIpc) is 2.85. The second kappa shape index (κ2) is 6.28. The smallest absolute Gasteiger partial charge is 0.147 e. The van der Waals surface area contributed by atoms with Gasteiger partial charge in [-0.1, -0.05) is 18.5 Å². The summed E-state index contributed by atoms with van der Waals surface area (Å²) in [7, 11) is 0. The largest absolute Gasteiger partial charge is 0.315 e. The number of hydrogen-bond acceptors (Lipinski definition) is 4. The van der Waals surface area contributed by atoms with Gasteiger partial charge in [-0.25, -0.2) is 4.98 Å². The highest BCUT2D eigenvalue weighted by molar-refractivity contribution is 6.29. The van der Waals surface area contributed by atoms with Gasteiger partial charge in [0.25, 0.3) is 0 Å². The van der Waals surface area contributed by atoms with E-state index in [1.54, 1.807) is 12.4 Å². The molecule has 1 saturated heterocycles. The van der Waals surface area contributed by atoms with Gasteiger partial charge in [-0.3, -0.25) is 9.88 Å². The van der Waals surface area contributed by atoms with E-state index < -0.39 is 0 Å². The third-order valence-electron chi connectivity index (χ3n) is 3.10. The molecule has 2 rings (SSSR count). The van der Waals surface area contributed by atoms with E-state index >= 15 is 0 Å². The predicted octanol–water partition coefficient (Wildman–Crippen LogP) is 1.70. The van der Waals surface area contributed by atoms with Gasteiger partial charge in [-0.15, -0.1) is 0 Å². The number of rotatable bonds is 5. The average molecular weight is 255 g/mol. The van der Waals surface area contributed by atoms with Crippen molar-refractivity contribution in [3.05, 3.63) is 23.2 Å². The zero-order valence-corrected chi connectivity index (χ0v) is 11.0. The van der Waals surface area contributed by atoms with Gasteiger partial charge in [0, 0.05) is 19.1 Å². The van der Waals surface area contributed by atoms with Crippen LogP contribution in [0.1, 0.15) is 25.5 Å². The number of nitrogens with one attached hydrogen (secondary N) is 1. The fourth-order valence-corrected chi connectivity index (χ4v) is 2.36. The Bertz CT molecular complexity index is 335. The summed E-state index contributed by atoms with van der Waals surface area (Å²) in [6.45, 7) is 6.39. The van der Waals surface area contributed by atoms with Crippen molar-refractivity contribution < 1.29 is 0 Å². The molecule has 0 aliphatic carbocycles. The molecule has 1 fully saturated rings. The molecular formula is C12H19ClN4. The SMILES string of the molecule is CCCN(Cc1cnc(Cl)cn1)C1CCNC1. The topological polar surface area (TPSA) is 41.1 Å². The number of hydrogen-bond donors (Lipinski definition) is 1. The standard InChI is InChI=1S/C12H19ClN4/c1-2-5-17(11-3-4-14-7-11)9-10-6-16-12(13)8-15-10/h6,8,11,14H,2-5,7,9H2,1H3. The Morgan fingerprint density at radius 2 is 2.35 bits per heavy atom. The first-order valence-corrected chi connectivity index (χ1v) is 6.58. The Morgan fingerprint density at radius 3 is 2.94 bits per heavy atom. The first kappa shape index (κ1) is 12.7. The van der Waals surface area contributed by atoms with Crippen LogP contribution in [0.15, 0.2) is 12.4 Å². The minimum absolute atomic E-state index is 0.457. The summed E-state index contributed by atoms with van der Waals surface area (Å²) in [4.78, 5) is 10.9. The quantitative estimate of drug-likeness (QED) is 0.869. The lowest BCUT2D eigenvalue weighted by Gasteiger charge is -2.27. The monoisotopic (exact) mass is 254 g/mol. The second-order valence-electron chi connectivity index (χ2n) is 4.45. The van der Waals surface area contributed by atoms with Gasteiger partial charge in [-0.2, -0.15) is 0 Å². The molecule has 5 heteroatoms. The molecule has 1 aromatic rings. The van der Waals surface area contributed by atoms with Crippen LogP contribution in [0.3, 0.4) is 0 Å². The minimum atomic E-state index is 0.457. The van der Waals surface area contributed by atoms with Crippen molar-refractivity contribution in [1.29, 1.82) is 0 Å². The molecule has 1 unspecified atom stereocenters. The van der Waals surface area contributed by atoms with E-state index in [0.717, 1.165) is 38.3 Å². The van der Waals surface area contributed by atoms with Crippen LogP contribution in [0.4, 0.5) is 0 Å². The number of aromatic nitrogens is 2. The van der Waals surface area contributed by atoms with Gasteiger partial charge in [0.2, 0.25) is 0 Å². The molecule has 17 heavy (non-hydrogen) atoms. The van der Waals surface area contributed by atoms with Crippen molar-refractivity contribution in [2.75, 3.05) is 19.6 Å². The molecule has 94 valence electrons. The Balaban J connectivity index is 1.98. The van der Waals surface area contributed by atoms with Crippen molar-refractivity contribution in [2.24, 2.45) is 0 Å². The molecule has 0 bridgehead atoms. The second-order valence-corrected chi connectivity index (χ2v) is 4.83. The van der Waals surface area contributed by atoms with Crippen LogP contribution in [0.25, 0.3) is 0 Å². The van der Waals surface area contributed by atoms with E-state index in [9.17, 15) is 0 Å². The van der Waals surface area contributed by atoms with Gasteiger partial charge < -0.3 is 5.32 Å². The molecule has 1 aliphatic heterocycles. The summed E-state index contributed by atoms with van der Waals surface area (Å²) in [5.74, 6) is 0.